The molecule has 9 heteroatoms. The lowest BCUT2D eigenvalue weighted by Gasteiger charge is -2.07. The molecule has 1 aromatic heterocycles. The molecule has 1 unspecified atom stereocenters. The van der Waals surface area contributed by atoms with Crippen LogP contribution in [0.4, 0.5) is 4.79 Å². The Bertz CT molecular complexity index is 463. The molecule has 0 fully saturated rings. The maximum absolute atomic E-state index is 11.4. The summed E-state index contributed by atoms with van der Waals surface area (Å²) in [5.74, 6) is -1.04. The first-order valence-electron chi connectivity index (χ1n) is 5.65. The minimum absolute atomic E-state index is 0.0465. The second kappa shape index (κ2) is 8.23. The summed E-state index contributed by atoms with van der Waals surface area (Å²) in [4.78, 5) is 33.1. The molecule has 0 radical (unpaired) electrons. The predicted molar refractivity (Wildman–Crippen MR) is 72.0 cm³/mol. The quantitative estimate of drug-likeness (QED) is 0.545. The van der Waals surface area contributed by atoms with E-state index in [1.165, 1.54) is 6.26 Å². The van der Waals surface area contributed by atoms with E-state index in [4.69, 9.17) is 15.3 Å². The molecule has 1 heterocycles. The molecule has 0 spiro atoms. The smallest absolute Gasteiger partial charge is 0.321 e. The number of carboxylic acids is 1. The largest absolute Gasteiger partial charge is 0.480 e. The Morgan fingerprint density at radius 1 is 1.45 bits per heavy atom. The Hall–Kier alpha value is -2.00. The summed E-state index contributed by atoms with van der Waals surface area (Å²) >= 11 is 1.04. The number of hydrogen-bond donors (Lipinski definition) is 4. The van der Waals surface area contributed by atoms with Crippen LogP contribution in [0, 0.1) is 0 Å². The third-order valence-electron chi connectivity index (χ3n) is 2.10. The van der Waals surface area contributed by atoms with Crippen molar-refractivity contribution in [1.82, 2.24) is 10.6 Å². The molecule has 0 saturated carbocycles. The van der Waals surface area contributed by atoms with Crippen molar-refractivity contribution < 1.29 is 23.9 Å². The second-order valence-electron chi connectivity index (χ2n) is 3.77. The zero-order valence-electron chi connectivity index (χ0n) is 10.5. The highest BCUT2D eigenvalue weighted by molar-refractivity contribution is 8.00. The zero-order chi connectivity index (χ0) is 15.0. The van der Waals surface area contributed by atoms with Gasteiger partial charge in [-0.15, -0.1) is 11.8 Å². The molecular weight excluding hydrogens is 286 g/mol. The fourth-order valence-electron chi connectivity index (χ4n) is 1.14. The van der Waals surface area contributed by atoms with Gasteiger partial charge in [-0.3, -0.25) is 14.9 Å². The van der Waals surface area contributed by atoms with E-state index >= 15 is 0 Å². The summed E-state index contributed by atoms with van der Waals surface area (Å²) in [7, 11) is 0. The third-order valence-corrected chi connectivity index (χ3v) is 3.17. The number of hydrogen-bond acceptors (Lipinski definition) is 6. The summed E-state index contributed by atoms with van der Waals surface area (Å²) in [6, 6.07) is 1.70. The molecule has 3 amide bonds. The van der Waals surface area contributed by atoms with E-state index < -0.39 is 23.9 Å². The SMILES string of the molecule is NC(CSCC(=O)NC(=O)NCc1ccco1)C(=O)O. The molecule has 1 rings (SSSR count). The fraction of sp³-hybridized carbons (Fsp3) is 0.364. The number of amides is 3. The molecular formula is C11H15N3O5S. The number of aliphatic carboxylic acids is 1. The molecule has 8 nitrogen and oxygen atoms in total. The van der Waals surface area contributed by atoms with Crippen LogP contribution in [0.5, 0.6) is 0 Å². The standard InChI is InChI=1S/C11H15N3O5S/c12-8(10(16)17)5-20-6-9(15)14-11(18)13-4-7-2-1-3-19-7/h1-3,8H,4-6,12H2,(H,16,17)(H2,13,14,15,18). The van der Waals surface area contributed by atoms with Gasteiger partial charge < -0.3 is 20.6 Å². The van der Waals surface area contributed by atoms with Gasteiger partial charge in [-0.1, -0.05) is 0 Å². The predicted octanol–water partition coefficient (Wildman–Crippen LogP) is -0.249. The molecule has 0 saturated heterocycles. The van der Waals surface area contributed by atoms with Crippen LogP contribution in [0.1, 0.15) is 5.76 Å². The van der Waals surface area contributed by atoms with E-state index in [2.05, 4.69) is 10.6 Å². The van der Waals surface area contributed by atoms with Crippen LogP contribution in [-0.4, -0.2) is 40.6 Å². The number of furan rings is 1. The van der Waals surface area contributed by atoms with Crippen LogP contribution in [0.15, 0.2) is 22.8 Å². The van der Waals surface area contributed by atoms with Crippen LogP contribution < -0.4 is 16.4 Å². The first-order chi connectivity index (χ1) is 9.49. The van der Waals surface area contributed by atoms with Gasteiger partial charge in [0.05, 0.1) is 18.6 Å². The van der Waals surface area contributed by atoms with Crippen LogP contribution in [-0.2, 0) is 16.1 Å². The van der Waals surface area contributed by atoms with Gasteiger partial charge in [-0.05, 0) is 12.1 Å². The van der Waals surface area contributed by atoms with E-state index in [-0.39, 0.29) is 18.1 Å². The highest BCUT2D eigenvalue weighted by Gasteiger charge is 2.13. The molecule has 20 heavy (non-hydrogen) atoms. The van der Waals surface area contributed by atoms with Crippen LogP contribution >= 0.6 is 11.8 Å². The second-order valence-corrected chi connectivity index (χ2v) is 4.80. The van der Waals surface area contributed by atoms with E-state index in [0.29, 0.717) is 5.76 Å². The molecule has 0 aromatic carbocycles. The van der Waals surface area contributed by atoms with Crippen molar-refractivity contribution >= 4 is 29.7 Å². The van der Waals surface area contributed by atoms with Crippen molar-refractivity contribution in [3.63, 3.8) is 0 Å². The van der Waals surface area contributed by atoms with Gasteiger partial charge in [-0.2, -0.15) is 0 Å². The Labute approximate surface area is 119 Å². The average molecular weight is 301 g/mol. The fourth-order valence-corrected chi connectivity index (χ4v) is 1.91. The van der Waals surface area contributed by atoms with Gasteiger partial charge in [0.25, 0.3) is 0 Å². The van der Waals surface area contributed by atoms with Crippen molar-refractivity contribution in [3.05, 3.63) is 24.2 Å². The van der Waals surface area contributed by atoms with E-state index in [1.54, 1.807) is 12.1 Å². The number of nitrogens with one attached hydrogen (secondary N) is 2. The Morgan fingerprint density at radius 2 is 2.20 bits per heavy atom. The highest BCUT2D eigenvalue weighted by Crippen LogP contribution is 2.01. The summed E-state index contributed by atoms with van der Waals surface area (Å²) in [5.41, 5.74) is 5.26. The maximum Gasteiger partial charge on any atom is 0.321 e. The average Bonchev–Trinajstić information content (AvgIpc) is 2.89. The molecule has 110 valence electrons. The monoisotopic (exact) mass is 301 g/mol. The van der Waals surface area contributed by atoms with Crippen molar-refractivity contribution in [1.29, 1.82) is 0 Å². The topological polar surface area (TPSA) is 135 Å². The molecule has 1 aromatic rings. The number of carbonyl (C=O) groups excluding carboxylic acids is 2. The van der Waals surface area contributed by atoms with Gasteiger partial charge in [0, 0.05) is 5.75 Å². The summed E-state index contributed by atoms with van der Waals surface area (Å²) in [5, 5.41) is 13.1. The maximum atomic E-state index is 11.4. The van der Waals surface area contributed by atoms with Crippen LogP contribution in [0.3, 0.4) is 0 Å². The molecule has 0 aliphatic rings. The van der Waals surface area contributed by atoms with Crippen molar-refractivity contribution in [2.24, 2.45) is 5.73 Å². The van der Waals surface area contributed by atoms with Crippen LogP contribution in [0.2, 0.25) is 0 Å². The number of carbonyl (C=O) groups is 3. The molecule has 0 aliphatic heterocycles. The zero-order valence-corrected chi connectivity index (χ0v) is 11.3. The summed E-state index contributed by atoms with van der Waals surface area (Å²) in [6.07, 6.45) is 1.47. The number of imide groups is 1. The van der Waals surface area contributed by atoms with Gasteiger partial charge in [0.1, 0.15) is 11.8 Å². The Balaban J connectivity index is 2.15. The molecule has 5 N–H and O–H groups in total. The lowest BCUT2D eigenvalue weighted by Crippen LogP contribution is -2.40. The highest BCUT2D eigenvalue weighted by atomic mass is 32.2. The molecule has 0 bridgehead atoms. The first kappa shape index (κ1) is 16.1. The number of nitrogens with two attached hydrogens (primary N) is 1. The van der Waals surface area contributed by atoms with Gasteiger partial charge >= 0.3 is 12.0 Å². The number of rotatable bonds is 7. The lowest BCUT2D eigenvalue weighted by molar-refractivity contribution is -0.138. The normalized spacial score (nSPS) is 11.7. The molecule has 0 aliphatic carbocycles. The number of carboxylic acid groups (broad SMARTS) is 1. The van der Waals surface area contributed by atoms with Crippen LogP contribution in [0.25, 0.3) is 0 Å². The van der Waals surface area contributed by atoms with Gasteiger partial charge in [0.2, 0.25) is 5.91 Å². The summed E-state index contributed by atoms with van der Waals surface area (Å²) < 4.78 is 5.00. The lowest BCUT2D eigenvalue weighted by atomic mass is 10.4. The van der Waals surface area contributed by atoms with E-state index in [0.717, 1.165) is 11.8 Å². The minimum Gasteiger partial charge on any atom is -0.480 e. The van der Waals surface area contributed by atoms with E-state index in [9.17, 15) is 14.4 Å². The Morgan fingerprint density at radius 3 is 2.80 bits per heavy atom. The summed E-state index contributed by atoms with van der Waals surface area (Å²) in [6.45, 7) is 0.170. The minimum atomic E-state index is -1.13. The number of thioether (sulfide) groups is 1. The van der Waals surface area contributed by atoms with Crippen molar-refractivity contribution in [2.75, 3.05) is 11.5 Å². The van der Waals surface area contributed by atoms with Crippen molar-refractivity contribution in [3.8, 4) is 0 Å². The molecule has 1 atom stereocenters. The Kier molecular flexibility index (Phi) is 6.60. The van der Waals surface area contributed by atoms with E-state index in [1.807, 2.05) is 0 Å². The van der Waals surface area contributed by atoms with Crippen molar-refractivity contribution in [2.45, 2.75) is 12.6 Å². The third kappa shape index (κ3) is 6.25. The number of urea groups is 1. The van der Waals surface area contributed by atoms with Gasteiger partial charge in [-0.25, -0.2) is 4.79 Å². The first-order valence-corrected chi connectivity index (χ1v) is 6.80. The van der Waals surface area contributed by atoms with Gasteiger partial charge in [0.15, 0.2) is 0 Å².